The molecule has 0 N–H and O–H groups in total. The van der Waals surface area contributed by atoms with Crippen molar-refractivity contribution >= 4 is 10.0 Å². The molecule has 0 spiro atoms. The summed E-state index contributed by atoms with van der Waals surface area (Å²) in [7, 11) is -3.39. The highest BCUT2D eigenvalue weighted by Gasteiger charge is 2.49. The van der Waals surface area contributed by atoms with Gasteiger partial charge in [0.15, 0.2) is 0 Å². The number of nitriles is 1. The molecule has 22 heavy (non-hydrogen) atoms. The molecule has 1 atom stereocenters. The van der Waals surface area contributed by atoms with Gasteiger partial charge in [0, 0.05) is 6.54 Å². The summed E-state index contributed by atoms with van der Waals surface area (Å²) in [6.45, 7) is 0.898. The van der Waals surface area contributed by atoms with E-state index >= 15 is 0 Å². The van der Waals surface area contributed by atoms with E-state index in [-0.39, 0.29) is 11.8 Å². The van der Waals surface area contributed by atoms with Crippen LogP contribution in [-0.4, -0.2) is 37.7 Å². The second-order valence-corrected chi connectivity index (χ2v) is 8.10. The summed E-state index contributed by atoms with van der Waals surface area (Å²) < 4.78 is 32.4. The molecule has 0 unspecified atom stereocenters. The summed E-state index contributed by atoms with van der Waals surface area (Å²) in [5.74, 6) is 0.709. The van der Waals surface area contributed by atoms with Crippen LogP contribution in [0, 0.1) is 16.7 Å². The van der Waals surface area contributed by atoms with Crippen LogP contribution in [0.3, 0.4) is 0 Å². The van der Waals surface area contributed by atoms with E-state index in [2.05, 4.69) is 6.07 Å². The van der Waals surface area contributed by atoms with Crippen molar-refractivity contribution < 1.29 is 13.2 Å². The third-order valence-corrected chi connectivity index (χ3v) is 6.53. The molecule has 1 heterocycles. The first-order chi connectivity index (χ1) is 10.5. The lowest BCUT2D eigenvalue weighted by atomic mass is 10.2. The Hall–Kier alpha value is -1.58. The maximum atomic E-state index is 12.6. The van der Waals surface area contributed by atoms with Gasteiger partial charge in [-0.2, -0.15) is 9.57 Å². The van der Waals surface area contributed by atoms with Gasteiger partial charge in [0.25, 0.3) is 0 Å². The Morgan fingerprint density at radius 2 is 2.05 bits per heavy atom. The molecule has 0 aromatic heterocycles. The van der Waals surface area contributed by atoms with Crippen molar-refractivity contribution in [2.45, 2.75) is 31.7 Å². The molecule has 1 aliphatic heterocycles. The highest BCUT2D eigenvalue weighted by atomic mass is 32.2. The number of benzene rings is 1. The molecule has 2 aliphatic rings. The van der Waals surface area contributed by atoms with Gasteiger partial charge in [-0.1, -0.05) is 18.2 Å². The van der Waals surface area contributed by atoms with Gasteiger partial charge in [-0.25, -0.2) is 8.42 Å². The van der Waals surface area contributed by atoms with E-state index in [4.69, 9.17) is 10.00 Å². The Kier molecular flexibility index (Phi) is 4.11. The number of sulfonamides is 1. The van der Waals surface area contributed by atoms with E-state index in [0.29, 0.717) is 26.0 Å². The molecule has 1 saturated heterocycles. The van der Waals surface area contributed by atoms with Crippen LogP contribution >= 0.6 is 0 Å². The summed E-state index contributed by atoms with van der Waals surface area (Å²) in [5.41, 5.74) is -0.633. The summed E-state index contributed by atoms with van der Waals surface area (Å²) in [4.78, 5) is 0. The first kappa shape index (κ1) is 15.3. The normalized spacial score (nSPS) is 23.9. The quantitative estimate of drug-likeness (QED) is 0.805. The molecule has 118 valence electrons. The van der Waals surface area contributed by atoms with Gasteiger partial charge in [-0.05, 0) is 37.8 Å². The summed E-state index contributed by atoms with van der Waals surface area (Å²) in [6.07, 6.45) is 3.05. The van der Waals surface area contributed by atoms with Crippen molar-refractivity contribution in [1.29, 1.82) is 5.26 Å². The highest BCUT2D eigenvalue weighted by Crippen LogP contribution is 2.46. The van der Waals surface area contributed by atoms with Crippen molar-refractivity contribution in [3.8, 4) is 11.8 Å². The van der Waals surface area contributed by atoms with Gasteiger partial charge in [-0.15, -0.1) is 0 Å². The van der Waals surface area contributed by atoms with Crippen LogP contribution < -0.4 is 4.74 Å². The number of hydrogen-bond acceptors (Lipinski definition) is 4. The van der Waals surface area contributed by atoms with Gasteiger partial charge in [0.1, 0.15) is 12.4 Å². The minimum absolute atomic E-state index is 0.0433. The molecule has 1 aromatic rings. The van der Waals surface area contributed by atoms with Crippen molar-refractivity contribution in [2.75, 3.05) is 18.9 Å². The molecule has 0 amide bonds. The van der Waals surface area contributed by atoms with Crippen LogP contribution in [0.1, 0.15) is 25.7 Å². The lowest BCUT2D eigenvalue weighted by Crippen LogP contribution is -2.41. The topological polar surface area (TPSA) is 70.4 Å². The van der Waals surface area contributed by atoms with Gasteiger partial charge in [0.05, 0.1) is 23.3 Å². The fraction of sp³-hybridized carbons (Fsp3) is 0.562. The molecule has 0 bridgehead atoms. The lowest BCUT2D eigenvalue weighted by molar-refractivity contribution is 0.232. The van der Waals surface area contributed by atoms with Gasteiger partial charge >= 0.3 is 0 Å². The molecule has 1 saturated carbocycles. The van der Waals surface area contributed by atoms with Crippen LogP contribution in [0.2, 0.25) is 0 Å². The fourth-order valence-electron chi connectivity index (χ4n) is 2.92. The number of rotatable bonds is 6. The Morgan fingerprint density at radius 1 is 1.32 bits per heavy atom. The zero-order valence-electron chi connectivity index (χ0n) is 12.4. The first-order valence-corrected chi connectivity index (χ1v) is 9.24. The monoisotopic (exact) mass is 320 g/mol. The van der Waals surface area contributed by atoms with Crippen LogP contribution in [0.4, 0.5) is 0 Å². The molecule has 1 aromatic carbocycles. The summed E-state index contributed by atoms with van der Waals surface area (Å²) in [5, 5.41) is 9.12. The summed E-state index contributed by atoms with van der Waals surface area (Å²) in [6, 6.07) is 11.5. The van der Waals surface area contributed by atoms with Gasteiger partial charge in [-0.3, -0.25) is 0 Å². The largest absolute Gasteiger partial charge is 0.492 e. The Balaban J connectivity index is 1.64. The van der Waals surface area contributed by atoms with E-state index < -0.39 is 15.4 Å². The molecule has 3 rings (SSSR count). The first-order valence-electron chi connectivity index (χ1n) is 7.63. The third-order valence-electron chi connectivity index (χ3n) is 4.42. The number of para-hydroxylation sites is 1. The maximum absolute atomic E-state index is 12.6. The summed E-state index contributed by atoms with van der Waals surface area (Å²) >= 11 is 0. The molecular formula is C16H20N2O3S. The lowest BCUT2D eigenvalue weighted by Gasteiger charge is -2.25. The fourth-order valence-corrected chi connectivity index (χ4v) is 5.17. The van der Waals surface area contributed by atoms with Gasteiger partial charge < -0.3 is 4.74 Å². The second-order valence-electron chi connectivity index (χ2n) is 6.18. The average molecular weight is 320 g/mol. The van der Waals surface area contributed by atoms with Gasteiger partial charge in [0.2, 0.25) is 10.0 Å². The Morgan fingerprint density at radius 3 is 2.68 bits per heavy atom. The van der Waals surface area contributed by atoms with Crippen molar-refractivity contribution in [1.82, 2.24) is 4.31 Å². The molecular weight excluding hydrogens is 300 g/mol. The predicted octanol–water partition coefficient (Wildman–Crippen LogP) is 2.16. The molecule has 5 nitrogen and oxygen atoms in total. The predicted molar refractivity (Wildman–Crippen MR) is 82.7 cm³/mol. The van der Waals surface area contributed by atoms with Crippen LogP contribution in [0.15, 0.2) is 30.3 Å². The smallest absolute Gasteiger partial charge is 0.216 e. The number of nitrogens with zero attached hydrogens (tertiary/aromatic N) is 2. The van der Waals surface area contributed by atoms with Crippen molar-refractivity contribution in [3.05, 3.63) is 30.3 Å². The van der Waals surface area contributed by atoms with Crippen molar-refractivity contribution in [3.63, 3.8) is 0 Å². The molecule has 6 heteroatoms. The van der Waals surface area contributed by atoms with E-state index in [0.717, 1.165) is 18.6 Å². The van der Waals surface area contributed by atoms with E-state index in [1.807, 2.05) is 30.3 Å². The highest BCUT2D eigenvalue weighted by molar-refractivity contribution is 7.89. The standard InChI is InChI=1S/C16H20N2O3S/c17-12-16(8-9-16)13-22(19,20)18-10-4-5-14(18)11-21-15-6-2-1-3-7-15/h1-3,6-7,14H,4-5,8-11,13H2/t14-/m1/s1. The Labute approximate surface area is 131 Å². The van der Waals surface area contributed by atoms with Crippen LogP contribution in [-0.2, 0) is 10.0 Å². The zero-order chi connectivity index (χ0) is 15.6. The molecule has 0 radical (unpaired) electrons. The number of ether oxygens (including phenoxy) is 1. The van der Waals surface area contributed by atoms with Crippen LogP contribution in [0.25, 0.3) is 0 Å². The van der Waals surface area contributed by atoms with E-state index in [9.17, 15) is 8.42 Å². The SMILES string of the molecule is N#CC1(CS(=O)(=O)N2CCC[C@@H]2COc2ccccc2)CC1. The Bertz CT molecular complexity index is 662. The third kappa shape index (κ3) is 3.26. The average Bonchev–Trinajstić information content (AvgIpc) is 3.11. The second kappa shape index (κ2) is 5.90. The number of hydrogen-bond donors (Lipinski definition) is 0. The minimum Gasteiger partial charge on any atom is -0.492 e. The van der Waals surface area contributed by atoms with Crippen LogP contribution in [0.5, 0.6) is 5.75 Å². The maximum Gasteiger partial charge on any atom is 0.216 e. The van der Waals surface area contributed by atoms with E-state index in [1.165, 1.54) is 0 Å². The molecule has 2 fully saturated rings. The zero-order valence-corrected chi connectivity index (χ0v) is 13.3. The minimum atomic E-state index is -3.39. The molecule has 1 aliphatic carbocycles. The van der Waals surface area contributed by atoms with E-state index in [1.54, 1.807) is 4.31 Å². The van der Waals surface area contributed by atoms with Crippen molar-refractivity contribution in [2.24, 2.45) is 5.41 Å².